The summed E-state index contributed by atoms with van der Waals surface area (Å²) < 4.78 is 31.8. The maximum Gasteiger partial charge on any atom is 0.217 e. The van der Waals surface area contributed by atoms with Gasteiger partial charge in [0.2, 0.25) is 10.0 Å². The highest BCUT2D eigenvalue weighted by atomic mass is 32.2. The van der Waals surface area contributed by atoms with Crippen LogP contribution in [0.1, 0.15) is 13.3 Å². The second kappa shape index (κ2) is 7.24. The molecule has 0 N–H and O–H groups in total. The van der Waals surface area contributed by atoms with Crippen LogP contribution in [0.2, 0.25) is 0 Å². The molecule has 1 aromatic rings. The van der Waals surface area contributed by atoms with E-state index in [1.807, 2.05) is 30.3 Å². The number of ether oxygens (including phenoxy) is 1. The smallest absolute Gasteiger partial charge is 0.217 e. The molecular formula is C15H24N2O3S. The summed E-state index contributed by atoms with van der Waals surface area (Å²) in [4.78, 5) is 2.23. The lowest BCUT2D eigenvalue weighted by molar-refractivity contribution is 0.143. The normalized spacial score (nSPS) is 21.3. The molecule has 0 aliphatic carbocycles. The van der Waals surface area contributed by atoms with E-state index >= 15 is 0 Å². The highest BCUT2D eigenvalue weighted by Crippen LogP contribution is 2.15. The molecule has 0 bridgehead atoms. The number of para-hydroxylation sites is 1. The minimum Gasteiger partial charge on any atom is -0.492 e. The van der Waals surface area contributed by atoms with Gasteiger partial charge in [-0.2, -0.15) is 4.31 Å². The Morgan fingerprint density at radius 3 is 2.62 bits per heavy atom. The van der Waals surface area contributed by atoms with Crippen molar-refractivity contribution in [1.29, 1.82) is 0 Å². The van der Waals surface area contributed by atoms with E-state index in [1.54, 1.807) is 4.31 Å². The SMILES string of the molecule is CC[C@H]1CN(S(=O)(=O)CCOc2ccccc2)CCN1C. The van der Waals surface area contributed by atoms with Crippen LogP contribution in [0.25, 0.3) is 0 Å². The van der Waals surface area contributed by atoms with Gasteiger partial charge in [0.1, 0.15) is 12.4 Å². The van der Waals surface area contributed by atoms with Crippen LogP contribution in [-0.4, -0.2) is 62.7 Å². The summed E-state index contributed by atoms with van der Waals surface area (Å²) in [5.41, 5.74) is 0. The Morgan fingerprint density at radius 2 is 1.95 bits per heavy atom. The predicted octanol–water partition coefficient (Wildman–Crippen LogP) is 1.42. The van der Waals surface area contributed by atoms with E-state index in [2.05, 4.69) is 18.9 Å². The average Bonchev–Trinajstić information content (AvgIpc) is 2.48. The number of likely N-dealkylation sites (N-methyl/N-ethyl adjacent to an activating group) is 1. The van der Waals surface area contributed by atoms with Crippen LogP contribution >= 0.6 is 0 Å². The van der Waals surface area contributed by atoms with Crippen LogP contribution in [0.4, 0.5) is 0 Å². The van der Waals surface area contributed by atoms with Crippen LogP contribution in [0.15, 0.2) is 30.3 Å². The Kier molecular flexibility index (Phi) is 5.61. The molecule has 1 fully saturated rings. The zero-order valence-electron chi connectivity index (χ0n) is 12.7. The van der Waals surface area contributed by atoms with Gasteiger partial charge in [0, 0.05) is 25.7 Å². The first-order valence-electron chi connectivity index (χ1n) is 7.39. The summed E-state index contributed by atoms with van der Waals surface area (Å²) >= 11 is 0. The van der Waals surface area contributed by atoms with E-state index in [-0.39, 0.29) is 12.4 Å². The molecule has 0 spiro atoms. The van der Waals surface area contributed by atoms with Crippen molar-refractivity contribution >= 4 is 10.0 Å². The summed E-state index contributed by atoms with van der Waals surface area (Å²) in [6, 6.07) is 9.61. The van der Waals surface area contributed by atoms with Crippen LogP contribution in [-0.2, 0) is 10.0 Å². The van der Waals surface area contributed by atoms with Crippen LogP contribution in [0.5, 0.6) is 5.75 Å². The largest absolute Gasteiger partial charge is 0.492 e. The topological polar surface area (TPSA) is 49.9 Å². The Balaban J connectivity index is 1.87. The van der Waals surface area contributed by atoms with E-state index in [0.29, 0.717) is 24.9 Å². The number of nitrogens with zero attached hydrogens (tertiary/aromatic N) is 2. The molecule has 1 atom stereocenters. The lowest BCUT2D eigenvalue weighted by atomic mass is 10.1. The highest BCUT2D eigenvalue weighted by molar-refractivity contribution is 7.89. The molecule has 2 rings (SSSR count). The van der Waals surface area contributed by atoms with Gasteiger partial charge in [0.25, 0.3) is 0 Å². The second-order valence-corrected chi connectivity index (χ2v) is 7.47. The van der Waals surface area contributed by atoms with E-state index in [0.717, 1.165) is 13.0 Å². The Hall–Kier alpha value is -1.11. The minimum atomic E-state index is -3.24. The highest BCUT2D eigenvalue weighted by Gasteiger charge is 2.30. The average molecular weight is 312 g/mol. The first kappa shape index (κ1) is 16.3. The molecule has 1 aliphatic rings. The number of piperazine rings is 1. The molecule has 118 valence electrons. The van der Waals surface area contributed by atoms with Crippen molar-refractivity contribution in [2.24, 2.45) is 0 Å². The van der Waals surface area contributed by atoms with E-state index < -0.39 is 10.0 Å². The van der Waals surface area contributed by atoms with Crippen molar-refractivity contribution in [2.75, 3.05) is 39.0 Å². The number of hydrogen-bond donors (Lipinski definition) is 0. The minimum absolute atomic E-state index is 0.0298. The van der Waals surface area contributed by atoms with Crippen molar-refractivity contribution < 1.29 is 13.2 Å². The summed E-state index contributed by atoms with van der Waals surface area (Å²) in [5, 5.41) is 0. The van der Waals surface area contributed by atoms with Gasteiger partial charge < -0.3 is 9.64 Å². The summed E-state index contributed by atoms with van der Waals surface area (Å²) in [5.74, 6) is 0.736. The van der Waals surface area contributed by atoms with Gasteiger partial charge in [0.15, 0.2) is 0 Å². The van der Waals surface area contributed by atoms with E-state index in [9.17, 15) is 8.42 Å². The van der Waals surface area contributed by atoms with Gasteiger partial charge in [-0.15, -0.1) is 0 Å². The molecule has 1 heterocycles. The van der Waals surface area contributed by atoms with Crippen LogP contribution in [0, 0.1) is 0 Å². The summed E-state index contributed by atoms with van der Waals surface area (Å²) in [7, 11) is -1.19. The number of rotatable bonds is 6. The van der Waals surface area contributed by atoms with Gasteiger partial charge in [-0.3, -0.25) is 0 Å². The van der Waals surface area contributed by atoms with Gasteiger partial charge >= 0.3 is 0 Å². The Morgan fingerprint density at radius 1 is 1.24 bits per heavy atom. The van der Waals surface area contributed by atoms with Gasteiger partial charge in [-0.05, 0) is 25.6 Å². The van der Waals surface area contributed by atoms with Crippen molar-refractivity contribution in [3.05, 3.63) is 30.3 Å². The molecule has 0 unspecified atom stereocenters. The third-order valence-corrected chi connectivity index (χ3v) is 5.76. The van der Waals surface area contributed by atoms with Gasteiger partial charge in [-0.25, -0.2) is 8.42 Å². The Labute approximate surface area is 127 Å². The number of hydrogen-bond acceptors (Lipinski definition) is 4. The fourth-order valence-electron chi connectivity index (χ4n) is 2.52. The van der Waals surface area contributed by atoms with Crippen molar-refractivity contribution in [3.63, 3.8) is 0 Å². The third-order valence-electron chi connectivity index (χ3n) is 3.96. The first-order valence-corrected chi connectivity index (χ1v) is 8.99. The van der Waals surface area contributed by atoms with Crippen molar-refractivity contribution in [1.82, 2.24) is 9.21 Å². The fraction of sp³-hybridized carbons (Fsp3) is 0.600. The summed E-state index contributed by atoms with van der Waals surface area (Å²) in [6.07, 6.45) is 0.961. The first-order chi connectivity index (χ1) is 10.0. The molecule has 1 aliphatic heterocycles. The summed E-state index contributed by atoms with van der Waals surface area (Å²) in [6.45, 7) is 4.23. The molecule has 0 aromatic heterocycles. The molecule has 1 saturated heterocycles. The molecule has 21 heavy (non-hydrogen) atoms. The zero-order valence-corrected chi connectivity index (χ0v) is 13.6. The van der Waals surface area contributed by atoms with Crippen molar-refractivity contribution in [2.45, 2.75) is 19.4 Å². The van der Waals surface area contributed by atoms with E-state index in [1.165, 1.54) is 0 Å². The monoisotopic (exact) mass is 312 g/mol. The van der Waals surface area contributed by atoms with E-state index in [4.69, 9.17) is 4.74 Å². The molecule has 5 nitrogen and oxygen atoms in total. The number of benzene rings is 1. The quantitative estimate of drug-likeness (QED) is 0.797. The Bertz CT molecular complexity index is 533. The molecule has 0 amide bonds. The van der Waals surface area contributed by atoms with Gasteiger partial charge in [-0.1, -0.05) is 25.1 Å². The zero-order chi connectivity index (χ0) is 15.3. The van der Waals surface area contributed by atoms with Crippen molar-refractivity contribution in [3.8, 4) is 5.75 Å². The van der Waals surface area contributed by atoms with Gasteiger partial charge in [0.05, 0.1) is 5.75 Å². The fourth-order valence-corrected chi connectivity index (χ4v) is 3.83. The lowest BCUT2D eigenvalue weighted by Crippen LogP contribution is -2.53. The lowest BCUT2D eigenvalue weighted by Gasteiger charge is -2.38. The molecule has 1 aromatic carbocycles. The third kappa shape index (κ3) is 4.43. The maximum atomic E-state index is 12.4. The molecule has 6 heteroatoms. The predicted molar refractivity (Wildman–Crippen MR) is 84.0 cm³/mol. The van der Waals surface area contributed by atoms with Crippen LogP contribution < -0.4 is 4.74 Å². The second-order valence-electron chi connectivity index (χ2n) is 5.38. The number of sulfonamides is 1. The van der Waals surface area contributed by atoms with Crippen LogP contribution in [0.3, 0.4) is 0 Å². The maximum absolute atomic E-state index is 12.4. The molecule has 0 radical (unpaired) electrons. The molecular weight excluding hydrogens is 288 g/mol. The molecule has 0 saturated carbocycles. The standard InChI is InChI=1S/C15H24N2O3S/c1-3-14-13-17(10-9-16(14)2)21(18,19)12-11-20-15-7-5-4-6-8-15/h4-8,14H,3,9-13H2,1-2H3/t14-/m0/s1.